The smallest absolute Gasteiger partial charge is 0.185 e. The molecule has 4 aromatic rings. The standard InChI is InChI=1S/C35H25ClFNO4/c1-2-42-28-10-6-5-9-26(28)30-31(32(39)20-11-15-23(37)16-12-20)38-27-17-14-22(36)19-21(27)13-18-29(38)35(30)33(40)24-7-3-4-8-25(24)34(35)41/h3-19,29-31H,2H2,1H3/t29-,30+,31-/m0/s1. The van der Waals surface area contributed by atoms with Gasteiger partial charge in [-0.25, -0.2) is 4.39 Å². The van der Waals surface area contributed by atoms with Crippen molar-refractivity contribution in [3.05, 3.63) is 136 Å². The summed E-state index contributed by atoms with van der Waals surface area (Å²) >= 11 is 6.36. The molecule has 2 aliphatic heterocycles. The van der Waals surface area contributed by atoms with Crippen LogP contribution in [-0.4, -0.2) is 36.0 Å². The minimum Gasteiger partial charge on any atom is -0.494 e. The maximum atomic E-state index is 14.8. The van der Waals surface area contributed by atoms with E-state index in [-0.39, 0.29) is 22.9 Å². The number of fused-ring (bicyclic) bond motifs is 5. The van der Waals surface area contributed by atoms with Crippen LogP contribution in [0.15, 0.2) is 97.1 Å². The fourth-order valence-electron chi connectivity index (χ4n) is 7.10. The highest BCUT2D eigenvalue weighted by molar-refractivity contribution is 6.33. The Morgan fingerprint density at radius 3 is 2.29 bits per heavy atom. The molecule has 5 nitrogen and oxygen atoms in total. The van der Waals surface area contributed by atoms with Crippen molar-refractivity contribution in [2.75, 3.05) is 11.5 Å². The topological polar surface area (TPSA) is 63.7 Å². The maximum Gasteiger partial charge on any atom is 0.185 e. The summed E-state index contributed by atoms with van der Waals surface area (Å²) < 4.78 is 20.0. The van der Waals surface area contributed by atoms with Crippen LogP contribution in [-0.2, 0) is 0 Å². The minimum atomic E-state index is -1.66. The number of hydrogen-bond donors (Lipinski definition) is 0. The summed E-state index contributed by atoms with van der Waals surface area (Å²) in [7, 11) is 0. The number of rotatable bonds is 5. The van der Waals surface area contributed by atoms with Crippen molar-refractivity contribution in [1.82, 2.24) is 0 Å². The zero-order chi connectivity index (χ0) is 29.2. The van der Waals surface area contributed by atoms with Gasteiger partial charge in [-0.1, -0.05) is 66.2 Å². The van der Waals surface area contributed by atoms with Gasteiger partial charge in [-0.15, -0.1) is 0 Å². The highest BCUT2D eigenvalue weighted by atomic mass is 35.5. The van der Waals surface area contributed by atoms with Gasteiger partial charge in [-0.2, -0.15) is 0 Å². The van der Waals surface area contributed by atoms with E-state index in [1.807, 2.05) is 48.2 Å². The molecular formula is C35H25ClFNO4. The second-order valence-electron chi connectivity index (χ2n) is 10.8. The molecule has 0 bridgehead atoms. The first-order valence-corrected chi connectivity index (χ1v) is 14.2. The number of anilines is 1. The normalized spacial score (nSPS) is 21.3. The van der Waals surface area contributed by atoms with E-state index in [0.29, 0.717) is 39.8 Å². The predicted octanol–water partition coefficient (Wildman–Crippen LogP) is 7.19. The molecule has 4 aromatic carbocycles. The fourth-order valence-corrected chi connectivity index (χ4v) is 7.28. The van der Waals surface area contributed by atoms with E-state index in [1.54, 1.807) is 42.5 Å². The molecule has 7 rings (SSSR count). The summed E-state index contributed by atoms with van der Waals surface area (Å²) in [5, 5.41) is 0.519. The Labute approximate surface area is 247 Å². The molecule has 0 radical (unpaired) electrons. The summed E-state index contributed by atoms with van der Waals surface area (Å²) in [5.74, 6) is -1.89. The molecule has 3 aliphatic rings. The Bertz CT molecular complexity index is 1780. The van der Waals surface area contributed by atoms with Crippen LogP contribution in [0.1, 0.15) is 55.0 Å². The Kier molecular flexibility index (Phi) is 6.13. The number of carbonyl (C=O) groups is 3. The third kappa shape index (κ3) is 3.58. The van der Waals surface area contributed by atoms with Gasteiger partial charge < -0.3 is 9.64 Å². The summed E-state index contributed by atoms with van der Waals surface area (Å²) in [4.78, 5) is 46.1. The Morgan fingerprint density at radius 1 is 0.929 bits per heavy atom. The first-order valence-electron chi connectivity index (χ1n) is 13.8. The molecule has 0 amide bonds. The molecule has 7 heteroatoms. The summed E-state index contributed by atoms with van der Waals surface area (Å²) in [6.45, 7) is 2.21. The largest absolute Gasteiger partial charge is 0.494 e. The Morgan fingerprint density at radius 2 is 1.60 bits per heavy atom. The second kappa shape index (κ2) is 9.78. The number of ether oxygens (including phenoxy) is 1. The van der Waals surface area contributed by atoms with Crippen LogP contribution in [0.4, 0.5) is 10.1 Å². The van der Waals surface area contributed by atoms with Crippen LogP contribution in [0.25, 0.3) is 6.08 Å². The molecule has 0 aromatic heterocycles. The number of benzene rings is 4. The lowest BCUT2D eigenvalue weighted by Gasteiger charge is -2.37. The number of halogens is 2. The molecule has 2 heterocycles. The van der Waals surface area contributed by atoms with E-state index in [4.69, 9.17) is 16.3 Å². The quantitative estimate of drug-likeness (QED) is 0.185. The van der Waals surface area contributed by atoms with Crippen LogP contribution in [0.3, 0.4) is 0 Å². The van der Waals surface area contributed by atoms with Crippen LogP contribution >= 0.6 is 11.6 Å². The predicted molar refractivity (Wildman–Crippen MR) is 159 cm³/mol. The van der Waals surface area contributed by atoms with Crippen LogP contribution in [0, 0.1) is 11.2 Å². The molecule has 3 atom stereocenters. The Balaban J connectivity index is 1.56. The van der Waals surface area contributed by atoms with Gasteiger partial charge in [0.25, 0.3) is 0 Å². The van der Waals surface area contributed by atoms with Crippen molar-refractivity contribution in [3.8, 4) is 5.75 Å². The summed E-state index contributed by atoms with van der Waals surface area (Å²) in [6.07, 6.45) is 3.71. The van der Waals surface area contributed by atoms with Gasteiger partial charge in [0.05, 0.1) is 12.6 Å². The molecule has 42 heavy (non-hydrogen) atoms. The number of Topliss-reactive ketones (excluding diaryl/α,β-unsaturated/α-hetero) is 3. The van der Waals surface area contributed by atoms with E-state index in [0.717, 1.165) is 5.56 Å². The number of nitrogens with zero attached hydrogens (tertiary/aromatic N) is 1. The van der Waals surface area contributed by atoms with E-state index >= 15 is 0 Å². The Hall–Kier alpha value is -4.55. The van der Waals surface area contributed by atoms with Crippen molar-refractivity contribution in [2.24, 2.45) is 5.41 Å². The lowest BCUT2D eigenvalue weighted by atomic mass is 9.64. The number of ketones is 3. The highest BCUT2D eigenvalue weighted by Gasteiger charge is 2.71. The monoisotopic (exact) mass is 577 g/mol. The van der Waals surface area contributed by atoms with Crippen molar-refractivity contribution in [1.29, 1.82) is 0 Å². The molecule has 1 aliphatic carbocycles. The number of para-hydroxylation sites is 1. The second-order valence-corrected chi connectivity index (χ2v) is 11.2. The average Bonchev–Trinajstić information content (AvgIpc) is 3.43. The molecule has 0 saturated carbocycles. The average molecular weight is 578 g/mol. The van der Waals surface area contributed by atoms with Gasteiger partial charge in [-0.05, 0) is 61.0 Å². The van der Waals surface area contributed by atoms with Gasteiger partial charge in [0.2, 0.25) is 0 Å². The van der Waals surface area contributed by atoms with Crippen LogP contribution < -0.4 is 9.64 Å². The van der Waals surface area contributed by atoms with Crippen molar-refractivity contribution < 1.29 is 23.5 Å². The van der Waals surface area contributed by atoms with Crippen molar-refractivity contribution >= 4 is 40.7 Å². The molecule has 1 spiro atoms. The zero-order valence-electron chi connectivity index (χ0n) is 22.6. The molecule has 1 fully saturated rings. The van der Waals surface area contributed by atoms with Crippen LogP contribution in [0.2, 0.25) is 5.02 Å². The van der Waals surface area contributed by atoms with E-state index in [2.05, 4.69) is 0 Å². The van der Waals surface area contributed by atoms with E-state index in [9.17, 15) is 18.8 Å². The molecule has 1 saturated heterocycles. The summed E-state index contributed by atoms with van der Waals surface area (Å²) in [6, 6.07) is 23.0. The molecular weight excluding hydrogens is 553 g/mol. The van der Waals surface area contributed by atoms with Gasteiger partial charge >= 0.3 is 0 Å². The lowest BCUT2D eigenvalue weighted by molar-refractivity contribution is 0.0664. The van der Waals surface area contributed by atoms with Gasteiger partial charge in [0, 0.05) is 38.9 Å². The SMILES string of the molecule is CCOc1ccccc1[C@@H]1[C@@H](C(=O)c2ccc(F)cc2)N2c3ccc(Cl)cc3C=C[C@H]2C12C(=O)c1ccccc1C2=O. The lowest BCUT2D eigenvalue weighted by Crippen LogP contribution is -2.48. The number of carbonyl (C=O) groups excluding carboxylic acids is 3. The molecule has 0 unspecified atom stereocenters. The van der Waals surface area contributed by atoms with Crippen molar-refractivity contribution in [3.63, 3.8) is 0 Å². The first kappa shape index (κ1) is 26.4. The molecule has 208 valence electrons. The van der Waals surface area contributed by atoms with E-state index in [1.165, 1.54) is 24.3 Å². The van der Waals surface area contributed by atoms with Gasteiger partial charge in [0.1, 0.15) is 23.0 Å². The first-order chi connectivity index (χ1) is 20.4. The van der Waals surface area contributed by atoms with Gasteiger partial charge in [-0.3, -0.25) is 14.4 Å². The zero-order valence-corrected chi connectivity index (χ0v) is 23.3. The van der Waals surface area contributed by atoms with Crippen LogP contribution in [0.5, 0.6) is 5.75 Å². The fraction of sp³-hybridized carbons (Fsp3) is 0.171. The number of hydrogen-bond acceptors (Lipinski definition) is 5. The minimum absolute atomic E-state index is 0.275. The molecule has 0 N–H and O–H groups in total. The third-order valence-corrected chi connectivity index (χ3v) is 8.95. The maximum absolute atomic E-state index is 14.8. The third-order valence-electron chi connectivity index (χ3n) is 8.72. The van der Waals surface area contributed by atoms with Gasteiger partial charge in [0.15, 0.2) is 17.3 Å². The van der Waals surface area contributed by atoms with Crippen molar-refractivity contribution in [2.45, 2.75) is 24.9 Å². The van der Waals surface area contributed by atoms with E-state index < -0.39 is 29.2 Å². The highest BCUT2D eigenvalue weighted by Crippen LogP contribution is 2.62. The summed E-state index contributed by atoms with van der Waals surface area (Å²) in [5.41, 5.74) is 1.33.